The van der Waals surface area contributed by atoms with Gasteiger partial charge in [-0.1, -0.05) is 0 Å². The minimum Gasteiger partial charge on any atom is -0.340 e. The second kappa shape index (κ2) is 4.29. The van der Waals surface area contributed by atoms with E-state index in [1.807, 2.05) is 0 Å². The number of halogens is 2. The summed E-state index contributed by atoms with van der Waals surface area (Å²) >= 11 is 0. The van der Waals surface area contributed by atoms with Gasteiger partial charge < -0.3 is 5.32 Å². The molecule has 0 radical (unpaired) electrons. The number of hydrogen-bond acceptors (Lipinski definition) is 2. The second-order valence-corrected chi connectivity index (χ2v) is 5.06. The lowest BCUT2D eigenvalue weighted by molar-refractivity contribution is -0.136. The average molecular weight is 268 g/mol. The van der Waals surface area contributed by atoms with E-state index in [1.165, 1.54) is 20.8 Å². The quantitative estimate of drug-likeness (QED) is 0.841. The number of anilines is 1. The summed E-state index contributed by atoms with van der Waals surface area (Å²) in [5, 5.41) is 2.56. The highest BCUT2D eigenvalue weighted by molar-refractivity contribution is 6.10. The summed E-state index contributed by atoms with van der Waals surface area (Å²) in [5.74, 6) is -2.42. The molecule has 6 heteroatoms. The minimum atomic E-state index is -1.12. The molecule has 2 amide bonds. The Kier molecular flexibility index (Phi) is 3.04. The fourth-order valence-corrected chi connectivity index (χ4v) is 2.05. The van der Waals surface area contributed by atoms with Crippen molar-refractivity contribution in [3.8, 4) is 0 Å². The number of piperazine rings is 1. The molecule has 1 aliphatic heterocycles. The van der Waals surface area contributed by atoms with Crippen LogP contribution < -0.4 is 10.2 Å². The molecule has 1 unspecified atom stereocenters. The molecule has 0 spiro atoms. The molecule has 2 rings (SSSR count). The maximum Gasteiger partial charge on any atom is 0.252 e. The second-order valence-electron chi connectivity index (χ2n) is 5.06. The molecule has 1 atom stereocenters. The number of amides is 2. The minimum absolute atomic E-state index is 0.0955. The van der Waals surface area contributed by atoms with Gasteiger partial charge in [-0.25, -0.2) is 8.78 Å². The van der Waals surface area contributed by atoms with Crippen molar-refractivity contribution in [2.75, 3.05) is 4.90 Å². The molecule has 0 aliphatic carbocycles. The molecule has 1 heterocycles. The number of rotatable bonds is 1. The first-order valence-corrected chi connectivity index (χ1v) is 5.85. The smallest absolute Gasteiger partial charge is 0.252 e. The summed E-state index contributed by atoms with van der Waals surface area (Å²) in [5.41, 5.74) is -1.22. The van der Waals surface area contributed by atoms with Gasteiger partial charge in [-0.3, -0.25) is 14.5 Å². The topological polar surface area (TPSA) is 49.4 Å². The molecule has 0 saturated carbocycles. The molecule has 1 aromatic carbocycles. The van der Waals surface area contributed by atoms with E-state index in [4.69, 9.17) is 0 Å². The van der Waals surface area contributed by atoms with Gasteiger partial charge in [0.1, 0.15) is 23.2 Å². The highest BCUT2D eigenvalue weighted by Gasteiger charge is 2.44. The predicted molar refractivity (Wildman–Crippen MR) is 65.5 cm³/mol. The molecule has 102 valence electrons. The third-order valence-electron chi connectivity index (χ3n) is 3.13. The zero-order valence-corrected chi connectivity index (χ0v) is 10.8. The van der Waals surface area contributed by atoms with Crippen molar-refractivity contribution >= 4 is 17.5 Å². The molecule has 1 fully saturated rings. The van der Waals surface area contributed by atoms with Gasteiger partial charge in [0.2, 0.25) is 5.91 Å². The van der Waals surface area contributed by atoms with Crippen molar-refractivity contribution in [2.45, 2.75) is 32.4 Å². The fourth-order valence-electron chi connectivity index (χ4n) is 2.05. The largest absolute Gasteiger partial charge is 0.340 e. The van der Waals surface area contributed by atoms with Crippen LogP contribution in [0.15, 0.2) is 18.2 Å². The monoisotopic (exact) mass is 268 g/mol. The Labute approximate surface area is 109 Å². The number of nitrogens with zero attached hydrogens (tertiary/aromatic N) is 1. The van der Waals surface area contributed by atoms with Crippen LogP contribution in [0.2, 0.25) is 0 Å². The highest BCUT2D eigenvalue weighted by Crippen LogP contribution is 2.28. The van der Waals surface area contributed by atoms with E-state index in [0.717, 1.165) is 17.0 Å². The Morgan fingerprint density at radius 3 is 2.47 bits per heavy atom. The number of carbonyl (C=O) groups excluding carboxylic acids is 2. The van der Waals surface area contributed by atoms with Crippen LogP contribution in [0.3, 0.4) is 0 Å². The van der Waals surface area contributed by atoms with Crippen LogP contribution in [0, 0.1) is 11.6 Å². The van der Waals surface area contributed by atoms with Gasteiger partial charge >= 0.3 is 0 Å². The first-order chi connectivity index (χ1) is 8.74. The molecular formula is C13H14F2N2O2. The van der Waals surface area contributed by atoms with Gasteiger partial charge in [-0.15, -0.1) is 0 Å². The summed E-state index contributed by atoms with van der Waals surface area (Å²) in [6, 6.07) is 2.06. The number of nitrogens with one attached hydrogen (secondary N) is 1. The summed E-state index contributed by atoms with van der Waals surface area (Å²) in [7, 11) is 0. The van der Waals surface area contributed by atoms with Crippen LogP contribution in [0.25, 0.3) is 0 Å². The lowest BCUT2D eigenvalue weighted by Gasteiger charge is -2.41. The standard InChI is InChI=1S/C13H14F2N2O2/c1-7-11(18)16-13(2,3)12(19)17(7)10-5-4-8(14)6-9(10)15/h4-7H,1-3H3,(H,16,18). The predicted octanol–water partition coefficient (Wildman–Crippen LogP) is 1.59. The normalized spacial score (nSPS) is 22.4. The average Bonchev–Trinajstić information content (AvgIpc) is 2.29. The summed E-state index contributed by atoms with van der Waals surface area (Å²) in [6.07, 6.45) is 0. The summed E-state index contributed by atoms with van der Waals surface area (Å²) in [4.78, 5) is 25.2. The maximum absolute atomic E-state index is 13.8. The van der Waals surface area contributed by atoms with E-state index < -0.39 is 29.1 Å². The third-order valence-corrected chi connectivity index (χ3v) is 3.13. The Morgan fingerprint density at radius 2 is 1.89 bits per heavy atom. The molecule has 1 aromatic rings. The summed E-state index contributed by atoms with van der Waals surface area (Å²) < 4.78 is 26.7. The SMILES string of the molecule is CC1C(=O)NC(C)(C)C(=O)N1c1ccc(F)cc1F. The van der Waals surface area contributed by atoms with E-state index in [1.54, 1.807) is 0 Å². The molecular weight excluding hydrogens is 254 g/mol. The third kappa shape index (κ3) is 2.18. The van der Waals surface area contributed by atoms with Gasteiger partial charge in [0, 0.05) is 6.07 Å². The van der Waals surface area contributed by atoms with Crippen molar-refractivity contribution in [3.05, 3.63) is 29.8 Å². The molecule has 4 nitrogen and oxygen atoms in total. The maximum atomic E-state index is 13.8. The van der Waals surface area contributed by atoms with E-state index >= 15 is 0 Å². The Balaban J connectivity index is 2.51. The number of carbonyl (C=O) groups is 2. The highest BCUT2D eigenvalue weighted by atomic mass is 19.1. The van der Waals surface area contributed by atoms with Crippen molar-refractivity contribution in [2.24, 2.45) is 0 Å². The van der Waals surface area contributed by atoms with E-state index in [-0.39, 0.29) is 11.6 Å². The van der Waals surface area contributed by atoms with E-state index in [2.05, 4.69) is 5.32 Å². The van der Waals surface area contributed by atoms with Crippen molar-refractivity contribution in [3.63, 3.8) is 0 Å². The number of hydrogen-bond donors (Lipinski definition) is 1. The zero-order chi connectivity index (χ0) is 14.4. The number of benzene rings is 1. The van der Waals surface area contributed by atoms with Crippen LogP contribution in [0.4, 0.5) is 14.5 Å². The lowest BCUT2D eigenvalue weighted by atomic mass is 9.96. The van der Waals surface area contributed by atoms with Crippen LogP contribution in [0.5, 0.6) is 0 Å². The Hall–Kier alpha value is -1.98. The van der Waals surface area contributed by atoms with Gasteiger partial charge in [-0.05, 0) is 32.9 Å². The molecule has 1 N–H and O–H groups in total. The van der Waals surface area contributed by atoms with Crippen molar-refractivity contribution in [1.29, 1.82) is 0 Å². The molecule has 19 heavy (non-hydrogen) atoms. The molecule has 0 aromatic heterocycles. The molecule has 1 aliphatic rings. The van der Waals surface area contributed by atoms with Crippen LogP contribution in [-0.4, -0.2) is 23.4 Å². The first kappa shape index (κ1) is 13.5. The van der Waals surface area contributed by atoms with Gasteiger partial charge in [-0.2, -0.15) is 0 Å². The van der Waals surface area contributed by atoms with Crippen LogP contribution in [-0.2, 0) is 9.59 Å². The van der Waals surface area contributed by atoms with Gasteiger partial charge in [0.05, 0.1) is 5.69 Å². The van der Waals surface area contributed by atoms with Gasteiger partial charge in [0.25, 0.3) is 5.91 Å². The molecule has 1 saturated heterocycles. The van der Waals surface area contributed by atoms with Crippen molar-refractivity contribution < 1.29 is 18.4 Å². The lowest BCUT2D eigenvalue weighted by Crippen LogP contribution is -2.67. The summed E-state index contributed by atoms with van der Waals surface area (Å²) in [6.45, 7) is 4.56. The molecule has 0 bridgehead atoms. The fraction of sp³-hybridized carbons (Fsp3) is 0.385. The Morgan fingerprint density at radius 1 is 1.26 bits per heavy atom. The zero-order valence-electron chi connectivity index (χ0n) is 10.8. The first-order valence-electron chi connectivity index (χ1n) is 5.85. The van der Waals surface area contributed by atoms with Crippen LogP contribution >= 0.6 is 0 Å². The van der Waals surface area contributed by atoms with E-state index in [0.29, 0.717) is 6.07 Å². The van der Waals surface area contributed by atoms with Crippen LogP contribution in [0.1, 0.15) is 20.8 Å². The van der Waals surface area contributed by atoms with Gasteiger partial charge in [0.15, 0.2) is 0 Å². The Bertz CT molecular complexity index is 558. The van der Waals surface area contributed by atoms with E-state index in [9.17, 15) is 18.4 Å². The van der Waals surface area contributed by atoms with Crippen molar-refractivity contribution in [1.82, 2.24) is 5.32 Å².